The van der Waals surface area contributed by atoms with E-state index in [1.807, 2.05) is 0 Å². The number of rotatable bonds is 85. The third kappa shape index (κ3) is 65.7. The van der Waals surface area contributed by atoms with E-state index in [1.165, 1.54) is 161 Å². The molecule has 0 aliphatic carbocycles. The number of carbonyl (C=O) groups excluding carboxylic acids is 6. The molecule has 1 heterocycles. The van der Waals surface area contributed by atoms with Crippen LogP contribution in [0.4, 0.5) is 0 Å². The lowest BCUT2D eigenvalue weighted by atomic mass is 9.95. The molecule has 6 N–H and O–H groups in total. The van der Waals surface area contributed by atoms with Crippen molar-refractivity contribution in [3.05, 3.63) is 0 Å². The molecule has 21 nitrogen and oxygen atoms in total. The number of hydrogen-bond donors (Lipinski definition) is 6. The second-order valence-corrected chi connectivity index (χ2v) is 35.0. The number of carboxylic acid groups (broad SMARTS) is 1. The molecule has 0 saturated carbocycles. The van der Waals surface area contributed by atoms with Crippen LogP contribution in [-0.4, -0.2) is 130 Å². The first-order chi connectivity index (χ1) is 55.8. The molecule has 0 radical (unpaired) electrons. The van der Waals surface area contributed by atoms with E-state index in [-0.39, 0.29) is 25.7 Å². The molecular formula is C93H175N2O19P. The van der Waals surface area contributed by atoms with Crippen LogP contribution in [0.2, 0.25) is 0 Å². The number of aliphatic hydroxyl groups is 1. The zero-order valence-corrected chi connectivity index (χ0v) is 75.2. The van der Waals surface area contributed by atoms with E-state index in [1.54, 1.807) is 0 Å². The quantitative estimate of drug-likeness (QED) is 0.0143. The van der Waals surface area contributed by atoms with Crippen LogP contribution in [0.1, 0.15) is 485 Å². The number of aliphatic hydroxyl groups excluding tert-OH is 1. The predicted octanol–water partition coefficient (Wildman–Crippen LogP) is 23.9. The molecule has 2 amide bonds. The maximum absolute atomic E-state index is 15.0. The number of phosphoric ester groups is 1. The number of phosphoric acid groups is 1. The molecule has 0 unspecified atom stereocenters. The maximum Gasteiger partial charge on any atom is 0.470 e. The summed E-state index contributed by atoms with van der Waals surface area (Å²) in [5.74, 6) is -5.49. The van der Waals surface area contributed by atoms with Crippen LogP contribution in [-0.2, 0) is 71.1 Å². The Balaban J connectivity index is 3.83. The normalized spacial score (nSPS) is 16.7. The number of ether oxygens (including phenoxy) is 6. The molecule has 0 bridgehead atoms. The largest absolute Gasteiger partial charge is 0.480 e. The standard InChI is InChI=1S/C93H175N2O19P/c1-7-13-19-25-31-37-40-46-52-58-64-70-85(99)109-78(67-61-55-49-43-34-28-22-16-10-4)73-83(97)94-81(92(103)104)77-108-93-89(95-84(98)74-79(68-62-56-50-44-35-29-23-17-11-5)110-86(100)71-65-59-53-47-41-38-32-26-20-14-8-2)91(90(82(76-96)112-93)114-115(105,106)107)113-88(102)75-80(69-63-57-51-45-36-30-24-18-12-6)111-87(101)72-66-60-54-48-42-39-33-27-21-15-9-3/h78-82,89-91,93,96H,7-77H2,1-6H3,(H,94,97)(H,95,98)(H,103,104)(H2,105,106,107)/t78-,79-,80-,81+,82-,89+,90-,91-,93-/m1/s1. The summed E-state index contributed by atoms with van der Waals surface area (Å²) < 4.78 is 55.4. The molecule has 1 fully saturated rings. The summed E-state index contributed by atoms with van der Waals surface area (Å²) in [6.45, 7) is 11.3. The van der Waals surface area contributed by atoms with Crippen molar-refractivity contribution in [2.75, 3.05) is 13.2 Å². The predicted molar refractivity (Wildman–Crippen MR) is 462 cm³/mol. The molecule has 1 aliphatic rings. The van der Waals surface area contributed by atoms with Crippen molar-refractivity contribution in [2.45, 2.75) is 540 Å². The summed E-state index contributed by atoms with van der Waals surface area (Å²) in [6.07, 6.45) is 53.8. The fourth-order valence-electron chi connectivity index (χ4n) is 15.6. The van der Waals surface area contributed by atoms with Gasteiger partial charge in [0.1, 0.15) is 36.6 Å². The molecule has 0 aromatic heterocycles. The SMILES string of the molecule is CCCCCCCCCCCCCC(=O)O[C@H](CCCCCCCCCCC)CC(=O)N[C@@H]1[C@H](OC[C@H](NC(=O)C[C@@H](CCCCCCCCCCC)OC(=O)CCCCCCCCCCCCC)C(=O)O)O[C@H](CO)[C@@H](OP(=O)(O)O)[C@@H]1OC(=O)C[C@@H](CCCCCCCCCCC)OC(=O)CCCCCCCCCCCCC. The van der Waals surface area contributed by atoms with E-state index in [0.29, 0.717) is 57.8 Å². The maximum atomic E-state index is 15.0. The van der Waals surface area contributed by atoms with Crippen molar-refractivity contribution < 1.29 is 91.1 Å². The molecule has 0 spiro atoms. The lowest BCUT2D eigenvalue weighted by molar-refractivity contribution is -0.272. The van der Waals surface area contributed by atoms with Gasteiger partial charge in [-0.3, -0.25) is 33.3 Å². The van der Waals surface area contributed by atoms with Crippen LogP contribution in [0.5, 0.6) is 0 Å². The Morgan fingerprint density at radius 3 is 0.904 bits per heavy atom. The third-order valence-electron chi connectivity index (χ3n) is 22.7. The van der Waals surface area contributed by atoms with Gasteiger partial charge in [0.15, 0.2) is 18.4 Å². The van der Waals surface area contributed by atoms with Gasteiger partial charge < -0.3 is 59.1 Å². The Labute approximate surface area is 700 Å². The summed E-state index contributed by atoms with van der Waals surface area (Å²) in [6, 6.07) is -3.60. The van der Waals surface area contributed by atoms with Crippen molar-refractivity contribution in [2.24, 2.45) is 0 Å². The number of hydrogen-bond acceptors (Lipinski definition) is 16. The molecule has 1 rings (SSSR count). The number of nitrogens with one attached hydrogen (secondary N) is 2. The number of carbonyl (C=O) groups is 7. The number of aliphatic carboxylic acids is 1. The van der Waals surface area contributed by atoms with Gasteiger partial charge in [-0.05, 0) is 57.8 Å². The monoisotopic (exact) mass is 1660 g/mol. The van der Waals surface area contributed by atoms with E-state index < -0.39 is 131 Å². The smallest absolute Gasteiger partial charge is 0.470 e. The Bertz CT molecular complexity index is 2380. The first kappa shape index (κ1) is 109. The van der Waals surface area contributed by atoms with Crippen molar-refractivity contribution in [1.82, 2.24) is 10.6 Å². The molecule has 115 heavy (non-hydrogen) atoms. The highest BCUT2D eigenvalue weighted by atomic mass is 31.2. The van der Waals surface area contributed by atoms with Gasteiger partial charge in [-0.1, -0.05) is 388 Å². The summed E-state index contributed by atoms with van der Waals surface area (Å²) in [5, 5.41) is 27.2. The zero-order valence-electron chi connectivity index (χ0n) is 74.3. The highest BCUT2D eigenvalue weighted by Gasteiger charge is 2.53. The molecule has 0 aromatic carbocycles. The van der Waals surface area contributed by atoms with Crippen molar-refractivity contribution in [1.29, 1.82) is 0 Å². The molecule has 1 saturated heterocycles. The van der Waals surface area contributed by atoms with Gasteiger partial charge in [0.05, 0.1) is 32.5 Å². The Kier molecular flexibility index (Phi) is 73.7. The van der Waals surface area contributed by atoms with E-state index in [0.717, 1.165) is 186 Å². The summed E-state index contributed by atoms with van der Waals surface area (Å²) in [4.78, 5) is 119. The molecule has 9 atom stereocenters. The Morgan fingerprint density at radius 2 is 0.626 bits per heavy atom. The minimum atomic E-state index is -5.58. The van der Waals surface area contributed by atoms with Gasteiger partial charge in [-0.2, -0.15) is 0 Å². The van der Waals surface area contributed by atoms with Crippen LogP contribution in [0.15, 0.2) is 0 Å². The van der Waals surface area contributed by atoms with E-state index in [2.05, 4.69) is 52.2 Å². The van der Waals surface area contributed by atoms with Gasteiger partial charge >= 0.3 is 37.7 Å². The fourth-order valence-corrected chi connectivity index (χ4v) is 16.2. The van der Waals surface area contributed by atoms with Gasteiger partial charge in [-0.15, -0.1) is 0 Å². The lowest BCUT2D eigenvalue weighted by Crippen LogP contribution is -2.66. The number of esters is 4. The Hall–Kier alpha value is -3.72. The van der Waals surface area contributed by atoms with E-state index >= 15 is 0 Å². The molecule has 22 heteroatoms. The second kappa shape index (κ2) is 77.6. The Morgan fingerprint density at radius 1 is 0.357 bits per heavy atom. The number of unbranched alkanes of at least 4 members (excludes halogenated alkanes) is 54. The van der Waals surface area contributed by atoms with Gasteiger partial charge in [0, 0.05) is 19.3 Å². The van der Waals surface area contributed by atoms with Crippen LogP contribution >= 0.6 is 7.82 Å². The minimum Gasteiger partial charge on any atom is -0.480 e. The average Bonchev–Trinajstić information content (AvgIpc) is 0.779. The van der Waals surface area contributed by atoms with Crippen molar-refractivity contribution >= 4 is 49.5 Å². The number of amides is 2. The highest BCUT2D eigenvalue weighted by molar-refractivity contribution is 7.46. The van der Waals surface area contributed by atoms with Crippen molar-refractivity contribution in [3.63, 3.8) is 0 Å². The molecule has 676 valence electrons. The van der Waals surface area contributed by atoms with Crippen molar-refractivity contribution in [3.8, 4) is 0 Å². The van der Waals surface area contributed by atoms with E-state index in [4.69, 9.17) is 32.9 Å². The van der Waals surface area contributed by atoms with Gasteiger partial charge in [0.25, 0.3) is 0 Å². The molecule has 0 aromatic rings. The zero-order chi connectivity index (χ0) is 84.3. The second-order valence-electron chi connectivity index (χ2n) is 33.8. The highest BCUT2D eigenvalue weighted by Crippen LogP contribution is 2.43. The summed E-state index contributed by atoms with van der Waals surface area (Å²) >= 11 is 0. The number of carboxylic acids is 1. The first-order valence-corrected chi connectivity index (χ1v) is 49.6. The van der Waals surface area contributed by atoms with Crippen LogP contribution in [0.25, 0.3) is 0 Å². The summed E-state index contributed by atoms with van der Waals surface area (Å²) in [5.41, 5.74) is 0. The van der Waals surface area contributed by atoms with E-state index in [9.17, 15) is 58.1 Å². The topological polar surface area (TPSA) is 306 Å². The lowest BCUT2D eigenvalue weighted by Gasteiger charge is -2.45. The third-order valence-corrected chi connectivity index (χ3v) is 23.2. The fraction of sp³-hybridized carbons (Fsp3) is 0.925. The van der Waals surface area contributed by atoms with Crippen LogP contribution < -0.4 is 10.6 Å². The first-order valence-electron chi connectivity index (χ1n) is 48.1. The minimum absolute atomic E-state index is 0.128. The van der Waals surface area contributed by atoms with Crippen LogP contribution in [0.3, 0.4) is 0 Å². The van der Waals surface area contributed by atoms with Gasteiger partial charge in [-0.25, -0.2) is 9.36 Å². The average molecular weight is 1660 g/mol. The summed E-state index contributed by atoms with van der Waals surface area (Å²) in [7, 11) is -5.58. The van der Waals surface area contributed by atoms with Crippen LogP contribution in [0, 0.1) is 0 Å². The molecular weight excluding hydrogens is 1480 g/mol. The molecule has 1 aliphatic heterocycles. The van der Waals surface area contributed by atoms with Gasteiger partial charge in [0.2, 0.25) is 11.8 Å².